The number of benzene rings is 2. The maximum absolute atomic E-state index is 12.6. The molecular weight excluding hydrogens is 350 g/mol. The molecule has 0 bridgehead atoms. The molecule has 1 fully saturated rings. The highest BCUT2D eigenvalue weighted by Crippen LogP contribution is 2.36. The van der Waals surface area contributed by atoms with E-state index in [1.807, 2.05) is 31.2 Å². The van der Waals surface area contributed by atoms with E-state index in [0.29, 0.717) is 12.2 Å². The minimum Gasteiger partial charge on any atom is -0.491 e. The van der Waals surface area contributed by atoms with Crippen LogP contribution in [0.15, 0.2) is 36.4 Å². The van der Waals surface area contributed by atoms with Gasteiger partial charge in [0.05, 0.1) is 6.04 Å². The zero-order chi connectivity index (χ0) is 19.7. The summed E-state index contributed by atoms with van der Waals surface area (Å²) in [6, 6.07) is 12.0. The third kappa shape index (κ3) is 3.85. The monoisotopic (exact) mass is 379 g/mol. The molecule has 0 radical (unpaired) electrons. The Morgan fingerprint density at radius 2 is 1.75 bits per heavy atom. The van der Waals surface area contributed by atoms with Gasteiger partial charge in [0.2, 0.25) is 0 Å². The molecular formula is C23H29N3O2. The van der Waals surface area contributed by atoms with Gasteiger partial charge in [0, 0.05) is 49.4 Å². The van der Waals surface area contributed by atoms with Gasteiger partial charge in [-0.05, 0) is 44.7 Å². The minimum absolute atomic E-state index is 0.0192. The van der Waals surface area contributed by atoms with Crippen molar-refractivity contribution >= 4 is 11.6 Å². The van der Waals surface area contributed by atoms with E-state index in [1.165, 1.54) is 11.3 Å². The first-order valence-corrected chi connectivity index (χ1v) is 10.1. The summed E-state index contributed by atoms with van der Waals surface area (Å²) in [7, 11) is 2.17. The van der Waals surface area contributed by atoms with E-state index in [0.717, 1.165) is 49.5 Å². The lowest BCUT2D eigenvalue weighted by Gasteiger charge is -2.37. The summed E-state index contributed by atoms with van der Waals surface area (Å²) in [4.78, 5) is 17.5. The molecule has 1 atom stereocenters. The van der Waals surface area contributed by atoms with Crippen LogP contribution < -0.4 is 15.0 Å². The molecule has 1 saturated heterocycles. The van der Waals surface area contributed by atoms with Gasteiger partial charge in [0.1, 0.15) is 12.4 Å². The Morgan fingerprint density at radius 1 is 1.04 bits per heavy atom. The number of rotatable bonds is 3. The van der Waals surface area contributed by atoms with Crippen molar-refractivity contribution in [1.29, 1.82) is 0 Å². The van der Waals surface area contributed by atoms with Gasteiger partial charge in [-0.3, -0.25) is 4.79 Å². The molecule has 2 heterocycles. The van der Waals surface area contributed by atoms with Gasteiger partial charge in [-0.25, -0.2) is 0 Å². The van der Waals surface area contributed by atoms with E-state index in [1.54, 1.807) is 0 Å². The first-order chi connectivity index (χ1) is 13.5. The number of fused-ring (bicyclic) bond motifs is 1. The van der Waals surface area contributed by atoms with Crippen LogP contribution in [-0.2, 0) is 6.42 Å². The first-order valence-electron chi connectivity index (χ1n) is 10.1. The highest BCUT2D eigenvalue weighted by molar-refractivity contribution is 5.94. The van der Waals surface area contributed by atoms with Crippen molar-refractivity contribution in [2.45, 2.75) is 26.3 Å². The Kier molecular flexibility index (Phi) is 5.27. The zero-order valence-corrected chi connectivity index (χ0v) is 17.0. The number of amides is 1. The molecule has 2 aromatic carbocycles. The second kappa shape index (κ2) is 7.84. The molecule has 1 amide bonds. The summed E-state index contributed by atoms with van der Waals surface area (Å²) in [6.07, 6.45) is 0.802. The maximum Gasteiger partial charge on any atom is 0.251 e. The quantitative estimate of drug-likeness (QED) is 0.891. The number of nitrogens with one attached hydrogen (secondary N) is 1. The van der Waals surface area contributed by atoms with Gasteiger partial charge in [-0.15, -0.1) is 0 Å². The number of likely N-dealkylation sites (N-methyl/N-ethyl adjacent to an activating group) is 1. The average Bonchev–Trinajstić information content (AvgIpc) is 2.70. The van der Waals surface area contributed by atoms with Gasteiger partial charge in [0.25, 0.3) is 5.91 Å². The standard InChI is InChI=1S/C23H29N3O2/c1-16-4-7-18(8-5-16)23(27)24-19-14-20-21(26-12-10-25(3)11-13-26)9-6-17(2)22(20)28-15-19/h4-9,19H,10-15H2,1-3H3,(H,24,27). The predicted octanol–water partition coefficient (Wildman–Crippen LogP) is 2.79. The minimum atomic E-state index is -0.0362. The van der Waals surface area contributed by atoms with Crippen molar-refractivity contribution in [2.24, 2.45) is 0 Å². The Balaban J connectivity index is 1.52. The van der Waals surface area contributed by atoms with E-state index in [2.05, 4.69) is 41.2 Å². The van der Waals surface area contributed by atoms with Crippen LogP contribution in [0.5, 0.6) is 5.75 Å². The first kappa shape index (κ1) is 18.8. The number of anilines is 1. The predicted molar refractivity (Wildman–Crippen MR) is 113 cm³/mol. The molecule has 0 aromatic heterocycles. The summed E-state index contributed by atoms with van der Waals surface area (Å²) in [5, 5.41) is 3.16. The summed E-state index contributed by atoms with van der Waals surface area (Å²) in [5.41, 5.74) is 5.49. The second-order valence-electron chi connectivity index (χ2n) is 8.05. The van der Waals surface area contributed by atoms with Crippen molar-refractivity contribution in [2.75, 3.05) is 44.7 Å². The van der Waals surface area contributed by atoms with Gasteiger partial charge in [0.15, 0.2) is 0 Å². The molecule has 2 aliphatic rings. The van der Waals surface area contributed by atoms with Crippen LogP contribution in [0.2, 0.25) is 0 Å². The lowest BCUT2D eigenvalue weighted by Crippen LogP contribution is -2.46. The number of hydrogen-bond acceptors (Lipinski definition) is 4. The van der Waals surface area contributed by atoms with E-state index in [-0.39, 0.29) is 11.9 Å². The fraction of sp³-hybridized carbons (Fsp3) is 0.435. The molecule has 0 aliphatic carbocycles. The summed E-state index contributed by atoms with van der Waals surface area (Å²) in [6.45, 7) is 8.80. The number of hydrogen-bond donors (Lipinski definition) is 1. The van der Waals surface area contributed by atoms with Crippen molar-refractivity contribution in [3.63, 3.8) is 0 Å². The Morgan fingerprint density at radius 3 is 2.46 bits per heavy atom. The molecule has 5 nitrogen and oxygen atoms in total. The number of carbonyl (C=O) groups is 1. The van der Waals surface area contributed by atoms with Crippen LogP contribution >= 0.6 is 0 Å². The summed E-state index contributed by atoms with van der Waals surface area (Å²) in [5.74, 6) is 0.961. The van der Waals surface area contributed by atoms with E-state index < -0.39 is 0 Å². The molecule has 0 saturated carbocycles. The SMILES string of the molecule is Cc1ccc(C(=O)NC2COc3c(C)ccc(N4CCN(C)CC4)c3C2)cc1. The van der Waals surface area contributed by atoms with Gasteiger partial charge < -0.3 is 19.9 Å². The molecule has 0 spiro atoms. The number of carbonyl (C=O) groups excluding carboxylic acids is 1. The Labute approximate surface area is 167 Å². The largest absolute Gasteiger partial charge is 0.491 e. The molecule has 2 aliphatic heterocycles. The molecule has 148 valence electrons. The van der Waals surface area contributed by atoms with Crippen LogP contribution in [-0.4, -0.2) is 56.7 Å². The van der Waals surface area contributed by atoms with Crippen molar-refractivity contribution in [3.8, 4) is 5.75 Å². The fourth-order valence-electron chi connectivity index (χ4n) is 4.03. The summed E-state index contributed by atoms with van der Waals surface area (Å²) >= 11 is 0. The zero-order valence-electron chi connectivity index (χ0n) is 17.0. The smallest absolute Gasteiger partial charge is 0.251 e. The van der Waals surface area contributed by atoms with Crippen molar-refractivity contribution in [3.05, 3.63) is 58.7 Å². The van der Waals surface area contributed by atoms with Gasteiger partial charge in [-0.1, -0.05) is 23.8 Å². The van der Waals surface area contributed by atoms with Crippen molar-refractivity contribution < 1.29 is 9.53 Å². The number of piperazine rings is 1. The van der Waals surface area contributed by atoms with E-state index in [9.17, 15) is 4.79 Å². The van der Waals surface area contributed by atoms with Crippen LogP contribution in [0.4, 0.5) is 5.69 Å². The Hall–Kier alpha value is -2.53. The third-order valence-electron chi connectivity index (χ3n) is 5.80. The highest BCUT2D eigenvalue weighted by Gasteiger charge is 2.28. The molecule has 5 heteroatoms. The molecule has 1 unspecified atom stereocenters. The number of nitrogens with zero attached hydrogens (tertiary/aromatic N) is 2. The fourth-order valence-corrected chi connectivity index (χ4v) is 4.03. The second-order valence-corrected chi connectivity index (χ2v) is 8.05. The molecule has 4 rings (SSSR count). The maximum atomic E-state index is 12.6. The topological polar surface area (TPSA) is 44.8 Å². The van der Waals surface area contributed by atoms with Crippen molar-refractivity contribution in [1.82, 2.24) is 10.2 Å². The summed E-state index contributed by atoms with van der Waals surface area (Å²) < 4.78 is 6.12. The van der Waals surface area contributed by atoms with Crippen LogP contribution in [0.1, 0.15) is 27.0 Å². The van der Waals surface area contributed by atoms with E-state index in [4.69, 9.17) is 4.74 Å². The van der Waals surface area contributed by atoms with Gasteiger partial charge >= 0.3 is 0 Å². The number of aryl methyl sites for hydroxylation is 2. The average molecular weight is 380 g/mol. The van der Waals surface area contributed by atoms with E-state index >= 15 is 0 Å². The third-order valence-corrected chi connectivity index (χ3v) is 5.80. The van der Waals surface area contributed by atoms with Gasteiger partial charge in [-0.2, -0.15) is 0 Å². The molecule has 28 heavy (non-hydrogen) atoms. The Bertz CT molecular complexity index is 855. The normalized spacial score (nSPS) is 19.7. The molecule has 2 aromatic rings. The number of ether oxygens (including phenoxy) is 1. The lowest BCUT2D eigenvalue weighted by molar-refractivity contribution is 0.0915. The highest BCUT2D eigenvalue weighted by atomic mass is 16.5. The van der Waals surface area contributed by atoms with Crippen LogP contribution in [0, 0.1) is 13.8 Å². The lowest BCUT2D eigenvalue weighted by atomic mass is 9.96. The van der Waals surface area contributed by atoms with Crippen LogP contribution in [0.3, 0.4) is 0 Å². The molecule has 1 N–H and O–H groups in total. The van der Waals surface area contributed by atoms with Crippen LogP contribution in [0.25, 0.3) is 0 Å².